The number of anilines is 1. The number of aromatic nitrogens is 2. The van der Waals surface area contributed by atoms with Crippen LogP contribution in [0.1, 0.15) is 10.4 Å². The lowest BCUT2D eigenvalue weighted by Gasteiger charge is -2.26. The van der Waals surface area contributed by atoms with Crippen molar-refractivity contribution in [3.8, 4) is 5.75 Å². The van der Waals surface area contributed by atoms with Crippen molar-refractivity contribution < 1.29 is 13.2 Å². The zero-order valence-electron chi connectivity index (χ0n) is 15.3. The molecule has 0 saturated heterocycles. The molecule has 27 heavy (non-hydrogen) atoms. The lowest BCUT2D eigenvalue weighted by molar-refractivity contribution is 0.394. The van der Waals surface area contributed by atoms with Gasteiger partial charge in [-0.05, 0) is 24.1 Å². The normalized spacial score (nSPS) is 14.9. The molecular weight excluding hydrogens is 384 g/mol. The Hall–Kier alpha value is -2.23. The van der Waals surface area contributed by atoms with Gasteiger partial charge in [0.1, 0.15) is 22.7 Å². The lowest BCUT2D eigenvalue weighted by atomic mass is 10.1. The Morgan fingerprint density at radius 1 is 1.26 bits per heavy atom. The van der Waals surface area contributed by atoms with Gasteiger partial charge in [-0.15, -0.1) is 11.3 Å². The van der Waals surface area contributed by atoms with E-state index in [9.17, 15) is 8.42 Å². The number of hydrogen-bond donors (Lipinski definition) is 0. The molecule has 0 N–H and O–H groups in total. The van der Waals surface area contributed by atoms with Crippen molar-refractivity contribution in [2.24, 2.45) is 0 Å². The summed E-state index contributed by atoms with van der Waals surface area (Å²) >= 11 is 1.55. The Morgan fingerprint density at radius 2 is 2.07 bits per heavy atom. The van der Waals surface area contributed by atoms with Crippen LogP contribution in [-0.4, -0.2) is 50.4 Å². The number of sulfonamides is 1. The largest absolute Gasteiger partial charge is 0.497 e. The highest BCUT2D eigenvalue weighted by Gasteiger charge is 2.31. The molecule has 3 heterocycles. The fourth-order valence-electron chi connectivity index (χ4n) is 3.34. The van der Waals surface area contributed by atoms with E-state index in [4.69, 9.17) is 4.74 Å². The summed E-state index contributed by atoms with van der Waals surface area (Å²) < 4.78 is 32.9. The molecule has 2 aromatic heterocycles. The summed E-state index contributed by atoms with van der Waals surface area (Å²) in [6, 6.07) is 6.60. The van der Waals surface area contributed by atoms with Crippen molar-refractivity contribution in [2.75, 3.05) is 32.6 Å². The third-order valence-corrected chi connectivity index (χ3v) is 7.65. The third-order valence-electron chi connectivity index (χ3n) is 4.68. The van der Waals surface area contributed by atoms with Gasteiger partial charge >= 0.3 is 0 Å². The van der Waals surface area contributed by atoms with E-state index in [1.54, 1.807) is 41.9 Å². The summed E-state index contributed by atoms with van der Waals surface area (Å²) in [4.78, 5) is 12.9. The highest BCUT2D eigenvalue weighted by Crippen LogP contribution is 2.39. The maximum absolute atomic E-state index is 13.1. The Labute approximate surface area is 162 Å². The van der Waals surface area contributed by atoms with Crippen LogP contribution < -0.4 is 9.64 Å². The number of fused-ring (bicyclic) bond motifs is 3. The SMILES string of the molecule is COc1cccc(S(=O)(=O)N2CCc3c(sc4ncnc(N(C)C)c34)C2)c1. The molecule has 0 radical (unpaired) electrons. The first kappa shape index (κ1) is 18.1. The van der Waals surface area contributed by atoms with E-state index in [0.29, 0.717) is 25.3 Å². The fraction of sp³-hybridized carbons (Fsp3) is 0.333. The molecule has 4 rings (SSSR count). The van der Waals surface area contributed by atoms with Gasteiger partial charge in [0, 0.05) is 38.1 Å². The van der Waals surface area contributed by atoms with Crippen LogP contribution in [0.3, 0.4) is 0 Å². The number of rotatable bonds is 4. The second kappa shape index (κ2) is 6.74. The molecule has 3 aromatic rings. The second-order valence-electron chi connectivity index (χ2n) is 6.54. The van der Waals surface area contributed by atoms with Gasteiger partial charge in [-0.3, -0.25) is 0 Å². The number of thiophene rings is 1. The Kier molecular flexibility index (Phi) is 4.53. The lowest BCUT2D eigenvalue weighted by Crippen LogP contribution is -2.35. The molecule has 142 valence electrons. The molecule has 0 amide bonds. The number of ether oxygens (including phenoxy) is 1. The molecule has 7 nitrogen and oxygen atoms in total. The molecule has 0 spiro atoms. The molecule has 0 bridgehead atoms. The van der Waals surface area contributed by atoms with Gasteiger partial charge in [-0.2, -0.15) is 4.31 Å². The van der Waals surface area contributed by atoms with Gasteiger partial charge in [-0.25, -0.2) is 18.4 Å². The van der Waals surface area contributed by atoms with E-state index < -0.39 is 10.0 Å². The van der Waals surface area contributed by atoms with Gasteiger partial charge in [0.15, 0.2) is 0 Å². The van der Waals surface area contributed by atoms with Gasteiger partial charge in [0.25, 0.3) is 0 Å². The van der Waals surface area contributed by atoms with Crippen LogP contribution >= 0.6 is 11.3 Å². The van der Waals surface area contributed by atoms with Crippen molar-refractivity contribution in [2.45, 2.75) is 17.9 Å². The minimum atomic E-state index is -3.59. The topological polar surface area (TPSA) is 75.6 Å². The van der Waals surface area contributed by atoms with E-state index in [0.717, 1.165) is 26.5 Å². The second-order valence-corrected chi connectivity index (χ2v) is 9.56. The summed E-state index contributed by atoms with van der Waals surface area (Å²) in [5.74, 6) is 1.41. The molecule has 0 fully saturated rings. The molecule has 9 heteroatoms. The number of methoxy groups -OCH3 is 1. The maximum Gasteiger partial charge on any atom is 0.243 e. The summed E-state index contributed by atoms with van der Waals surface area (Å²) in [5, 5.41) is 1.04. The first-order chi connectivity index (χ1) is 12.9. The van der Waals surface area contributed by atoms with E-state index >= 15 is 0 Å². The average Bonchev–Trinajstić information content (AvgIpc) is 3.05. The Balaban J connectivity index is 1.73. The summed E-state index contributed by atoms with van der Waals surface area (Å²) in [7, 11) is 1.84. The monoisotopic (exact) mass is 404 g/mol. The predicted molar refractivity (Wildman–Crippen MR) is 106 cm³/mol. The van der Waals surface area contributed by atoms with Crippen LogP contribution in [0.5, 0.6) is 5.75 Å². The molecule has 0 saturated carbocycles. The Morgan fingerprint density at radius 3 is 2.81 bits per heavy atom. The smallest absolute Gasteiger partial charge is 0.243 e. The molecule has 0 unspecified atom stereocenters. The zero-order chi connectivity index (χ0) is 19.2. The first-order valence-electron chi connectivity index (χ1n) is 8.48. The Bertz CT molecular complexity index is 1110. The molecule has 1 aliphatic heterocycles. The standard InChI is InChI=1S/C18H20N4O3S2/c1-21(2)17-16-14-7-8-22(10-15(14)26-18(16)20-11-19-17)27(23,24)13-6-4-5-12(9-13)25-3/h4-6,9,11H,7-8,10H2,1-3H3. The van der Waals surface area contributed by atoms with E-state index in [2.05, 4.69) is 9.97 Å². The van der Waals surface area contributed by atoms with Gasteiger partial charge in [0.05, 0.1) is 17.4 Å². The van der Waals surface area contributed by atoms with Crippen molar-refractivity contribution >= 4 is 37.4 Å². The van der Waals surface area contributed by atoms with Crippen LogP contribution in [0.15, 0.2) is 35.5 Å². The van der Waals surface area contributed by atoms with Crippen molar-refractivity contribution in [3.05, 3.63) is 41.0 Å². The van der Waals surface area contributed by atoms with Crippen LogP contribution in [0.2, 0.25) is 0 Å². The highest BCUT2D eigenvalue weighted by atomic mass is 32.2. The quantitative estimate of drug-likeness (QED) is 0.665. The summed E-state index contributed by atoms with van der Waals surface area (Å²) in [6.07, 6.45) is 2.21. The minimum Gasteiger partial charge on any atom is -0.497 e. The third kappa shape index (κ3) is 3.05. The molecule has 0 atom stereocenters. The fourth-order valence-corrected chi connectivity index (χ4v) is 6.07. The van der Waals surface area contributed by atoms with Gasteiger partial charge in [-0.1, -0.05) is 6.07 Å². The molecule has 0 aliphatic carbocycles. The average molecular weight is 405 g/mol. The van der Waals surface area contributed by atoms with Crippen molar-refractivity contribution in [1.82, 2.24) is 14.3 Å². The summed E-state index contributed by atoms with van der Waals surface area (Å²) in [6.45, 7) is 0.781. The highest BCUT2D eigenvalue weighted by molar-refractivity contribution is 7.89. The van der Waals surface area contributed by atoms with Crippen molar-refractivity contribution in [3.63, 3.8) is 0 Å². The zero-order valence-corrected chi connectivity index (χ0v) is 17.0. The first-order valence-corrected chi connectivity index (χ1v) is 10.7. The van der Waals surface area contributed by atoms with Crippen LogP contribution in [0, 0.1) is 0 Å². The number of nitrogens with zero attached hydrogens (tertiary/aromatic N) is 4. The van der Waals surface area contributed by atoms with Crippen LogP contribution in [-0.2, 0) is 23.0 Å². The van der Waals surface area contributed by atoms with Gasteiger partial charge in [0.2, 0.25) is 10.0 Å². The molecule has 1 aromatic carbocycles. The van der Waals surface area contributed by atoms with E-state index in [1.807, 2.05) is 19.0 Å². The molecular formula is C18H20N4O3S2. The number of benzene rings is 1. The summed E-state index contributed by atoms with van der Waals surface area (Å²) in [5.41, 5.74) is 1.16. The van der Waals surface area contributed by atoms with E-state index in [-0.39, 0.29) is 4.90 Å². The van der Waals surface area contributed by atoms with Crippen LogP contribution in [0.4, 0.5) is 5.82 Å². The molecule has 1 aliphatic rings. The minimum absolute atomic E-state index is 0.250. The number of hydrogen-bond acceptors (Lipinski definition) is 7. The predicted octanol–water partition coefficient (Wildman–Crippen LogP) is 2.51. The maximum atomic E-state index is 13.1. The van der Waals surface area contributed by atoms with Gasteiger partial charge < -0.3 is 9.64 Å². The van der Waals surface area contributed by atoms with Crippen molar-refractivity contribution in [1.29, 1.82) is 0 Å². The van der Waals surface area contributed by atoms with Crippen LogP contribution in [0.25, 0.3) is 10.2 Å². The van der Waals surface area contributed by atoms with E-state index in [1.165, 1.54) is 11.4 Å².